The van der Waals surface area contributed by atoms with Crippen molar-refractivity contribution in [2.24, 2.45) is 0 Å². The Morgan fingerprint density at radius 3 is 2.94 bits per heavy atom. The van der Waals surface area contributed by atoms with E-state index >= 15 is 0 Å². The fourth-order valence-electron chi connectivity index (χ4n) is 4.11. The molecular weight excluding hydrogens is 426 g/mol. The molecular formula is C24H22ClN5O2. The Kier molecular flexibility index (Phi) is 5.49. The van der Waals surface area contributed by atoms with Gasteiger partial charge in [0.2, 0.25) is 0 Å². The predicted molar refractivity (Wildman–Crippen MR) is 124 cm³/mol. The number of aromatic nitrogens is 3. The molecule has 0 spiro atoms. The highest BCUT2D eigenvalue weighted by atomic mass is 35.5. The third-order valence-electron chi connectivity index (χ3n) is 5.74. The van der Waals surface area contributed by atoms with Gasteiger partial charge < -0.3 is 14.6 Å². The minimum atomic E-state index is -0.114. The lowest BCUT2D eigenvalue weighted by atomic mass is 9.94. The fourth-order valence-corrected chi connectivity index (χ4v) is 4.29. The summed E-state index contributed by atoms with van der Waals surface area (Å²) >= 11 is 6.07. The Labute approximate surface area is 190 Å². The molecule has 162 valence electrons. The Morgan fingerprint density at radius 2 is 2.12 bits per heavy atom. The van der Waals surface area contributed by atoms with Crippen molar-refractivity contribution in [2.75, 3.05) is 25.5 Å². The zero-order chi connectivity index (χ0) is 22.1. The first-order valence-corrected chi connectivity index (χ1v) is 10.9. The van der Waals surface area contributed by atoms with Crippen LogP contribution >= 0.6 is 11.6 Å². The van der Waals surface area contributed by atoms with Crippen molar-refractivity contribution < 1.29 is 9.21 Å². The molecule has 5 rings (SSSR count). The quantitative estimate of drug-likeness (QED) is 0.474. The maximum Gasteiger partial charge on any atom is 0.289 e. The van der Waals surface area contributed by atoms with Crippen LogP contribution in [0.4, 0.5) is 5.82 Å². The molecule has 7 nitrogen and oxygen atoms in total. The van der Waals surface area contributed by atoms with Crippen molar-refractivity contribution in [3.63, 3.8) is 0 Å². The Balaban J connectivity index is 1.41. The Hall–Kier alpha value is -3.45. The second kappa shape index (κ2) is 8.59. The monoisotopic (exact) mass is 447 g/mol. The average Bonchev–Trinajstić information content (AvgIpc) is 3.27. The van der Waals surface area contributed by atoms with E-state index < -0.39 is 0 Å². The summed E-state index contributed by atoms with van der Waals surface area (Å²) in [6.07, 6.45) is 5.32. The number of nitrogens with zero attached hydrogens (tertiary/aromatic N) is 4. The predicted octanol–water partition coefficient (Wildman–Crippen LogP) is 5.00. The van der Waals surface area contributed by atoms with Crippen LogP contribution in [0.5, 0.6) is 0 Å². The highest BCUT2D eigenvalue weighted by molar-refractivity contribution is 6.31. The maximum absolute atomic E-state index is 13.2. The molecule has 1 aromatic carbocycles. The molecule has 1 aliphatic heterocycles. The number of rotatable bonds is 4. The van der Waals surface area contributed by atoms with Crippen LogP contribution in [0.15, 0.2) is 59.3 Å². The number of piperidine rings is 1. The number of carbonyl (C=O) groups excluding carboxylic acids is 1. The summed E-state index contributed by atoms with van der Waals surface area (Å²) in [5.74, 6) is 1.69. The van der Waals surface area contributed by atoms with Crippen LogP contribution < -0.4 is 5.32 Å². The molecule has 1 N–H and O–H groups in total. The SMILES string of the molecule is CNc1cc([C@@H]2CCCN(C(=O)c3cc4cc(Cl)ccc4o3)C2)nc(-c2cccnc2)n1. The van der Waals surface area contributed by atoms with E-state index in [0.717, 1.165) is 35.3 Å². The number of pyridine rings is 1. The van der Waals surface area contributed by atoms with Gasteiger partial charge in [0.05, 0.1) is 5.69 Å². The lowest BCUT2D eigenvalue weighted by Gasteiger charge is -2.32. The van der Waals surface area contributed by atoms with Gasteiger partial charge in [0.15, 0.2) is 11.6 Å². The standard InChI is InChI=1S/C24H22ClN5O2/c1-26-22-12-19(28-23(29-22)15-4-2-8-27-13-15)16-5-3-9-30(14-16)24(31)21-11-17-10-18(25)6-7-20(17)32-21/h2,4,6-8,10-13,16H,3,5,9,14H2,1H3,(H,26,28,29)/t16-/m1/s1. The number of nitrogens with one attached hydrogen (secondary N) is 1. The molecule has 8 heteroatoms. The summed E-state index contributed by atoms with van der Waals surface area (Å²) in [7, 11) is 1.84. The summed E-state index contributed by atoms with van der Waals surface area (Å²) in [6.45, 7) is 1.26. The Bertz CT molecular complexity index is 1270. The number of amides is 1. The van der Waals surface area contributed by atoms with Crippen LogP contribution in [-0.2, 0) is 0 Å². The topological polar surface area (TPSA) is 84.2 Å². The zero-order valence-electron chi connectivity index (χ0n) is 17.6. The largest absolute Gasteiger partial charge is 0.451 e. The van der Waals surface area contributed by atoms with E-state index in [9.17, 15) is 4.79 Å². The van der Waals surface area contributed by atoms with Crippen molar-refractivity contribution in [1.29, 1.82) is 0 Å². The Morgan fingerprint density at radius 1 is 1.22 bits per heavy atom. The minimum Gasteiger partial charge on any atom is -0.451 e. The molecule has 0 aliphatic carbocycles. The summed E-state index contributed by atoms with van der Waals surface area (Å²) in [5, 5.41) is 4.56. The number of furan rings is 1. The molecule has 0 radical (unpaired) electrons. The van der Waals surface area contributed by atoms with Crippen LogP contribution in [-0.4, -0.2) is 45.9 Å². The molecule has 0 saturated carbocycles. The third-order valence-corrected chi connectivity index (χ3v) is 5.97. The summed E-state index contributed by atoms with van der Waals surface area (Å²) in [6, 6.07) is 12.9. The van der Waals surface area contributed by atoms with Gasteiger partial charge in [0.1, 0.15) is 11.4 Å². The van der Waals surface area contributed by atoms with Crippen molar-refractivity contribution in [3.8, 4) is 11.4 Å². The van der Waals surface area contributed by atoms with Gasteiger partial charge >= 0.3 is 0 Å². The van der Waals surface area contributed by atoms with Gasteiger partial charge in [0.25, 0.3) is 5.91 Å². The van der Waals surface area contributed by atoms with Gasteiger partial charge in [0, 0.05) is 60.5 Å². The number of anilines is 1. The van der Waals surface area contributed by atoms with Crippen molar-refractivity contribution in [2.45, 2.75) is 18.8 Å². The van der Waals surface area contributed by atoms with Crippen LogP contribution in [0, 0.1) is 0 Å². The molecule has 1 amide bonds. The number of fused-ring (bicyclic) bond motifs is 1. The smallest absolute Gasteiger partial charge is 0.289 e. The van der Waals surface area contributed by atoms with Crippen molar-refractivity contribution in [3.05, 3.63) is 71.3 Å². The molecule has 0 unspecified atom stereocenters. The first kappa shape index (κ1) is 20.5. The van der Waals surface area contributed by atoms with Crippen LogP contribution in [0.3, 0.4) is 0 Å². The molecule has 1 fully saturated rings. The van der Waals surface area contributed by atoms with E-state index in [0.29, 0.717) is 35.3 Å². The molecule has 32 heavy (non-hydrogen) atoms. The van der Waals surface area contributed by atoms with E-state index in [1.807, 2.05) is 30.1 Å². The molecule has 1 aliphatic rings. The summed E-state index contributed by atoms with van der Waals surface area (Å²) in [5.41, 5.74) is 2.43. The number of hydrogen-bond donors (Lipinski definition) is 1. The number of carbonyl (C=O) groups is 1. The molecule has 1 saturated heterocycles. The van der Waals surface area contributed by atoms with Crippen molar-refractivity contribution in [1.82, 2.24) is 19.9 Å². The number of likely N-dealkylation sites (tertiary alicyclic amines) is 1. The van der Waals surface area contributed by atoms with Crippen molar-refractivity contribution >= 4 is 34.3 Å². The molecule has 1 atom stereocenters. The van der Waals surface area contributed by atoms with Gasteiger partial charge in [-0.25, -0.2) is 9.97 Å². The highest BCUT2D eigenvalue weighted by Gasteiger charge is 2.29. The highest BCUT2D eigenvalue weighted by Crippen LogP contribution is 2.30. The first-order valence-electron chi connectivity index (χ1n) is 10.6. The van der Waals surface area contributed by atoms with Gasteiger partial charge in [-0.05, 0) is 49.2 Å². The lowest BCUT2D eigenvalue weighted by molar-refractivity contribution is 0.0676. The number of halogens is 1. The second-order valence-corrected chi connectivity index (χ2v) is 8.31. The summed E-state index contributed by atoms with van der Waals surface area (Å²) in [4.78, 5) is 28.6. The third kappa shape index (κ3) is 4.03. The van der Waals surface area contributed by atoms with Crippen LogP contribution in [0.1, 0.15) is 35.0 Å². The lowest BCUT2D eigenvalue weighted by Crippen LogP contribution is -2.39. The van der Waals surface area contributed by atoms with E-state index in [1.54, 1.807) is 36.7 Å². The zero-order valence-corrected chi connectivity index (χ0v) is 18.3. The maximum atomic E-state index is 13.2. The first-order chi connectivity index (χ1) is 15.6. The van der Waals surface area contributed by atoms with E-state index in [1.165, 1.54) is 0 Å². The van der Waals surface area contributed by atoms with Crippen LogP contribution in [0.2, 0.25) is 5.02 Å². The fraction of sp³-hybridized carbons (Fsp3) is 0.250. The van der Waals surface area contributed by atoms with Gasteiger partial charge in [-0.2, -0.15) is 0 Å². The molecule has 0 bridgehead atoms. The minimum absolute atomic E-state index is 0.108. The van der Waals surface area contributed by atoms with Gasteiger partial charge in [-0.15, -0.1) is 0 Å². The second-order valence-electron chi connectivity index (χ2n) is 7.88. The summed E-state index contributed by atoms with van der Waals surface area (Å²) < 4.78 is 5.80. The van der Waals surface area contributed by atoms with Gasteiger partial charge in [-0.3, -0.25) is 9.78 Å². The average molecular weight is 448 g/mol. The number of hydrogen-bond acceptors (Lipinski definition) is 6. The van der Waals surface area contributed by atoms with E-state index in [-0.39, 0.29) is 11.8 Å². The van der Waals surface area contributed by atoms with E-state index in [2.05, 4.69) is 15.3 Å². The molecule has 4 aromatic rings. The van der Waals surface area contributed by atoms with Gasteiger partial charge in [-0.1, -0.05) is 11.6 Å². The molecule has 4 heterocycles. The van der Waals surface area contributed by atoms with Crippen LogP contribution in [0.25, 0.3) is 22.4 Å². The normalized spacial score (nSPS) is 16.3. The van der Waals surface area contributed by atoms with E-state index in [4.69, 9.17) is 21.0 Å². The number of benzene rings is 1. The molecule has 3 aromatic heterocycles.